The second kappa shape index (κ2) is 5.72. The number of aryl methyl sites for hydroxylation is 1. The van der Waals surface area contributed by atoms with Crippen LogP contribution < -0.4 is 10.2 Å². The van der Waals surface area contributed by atoms with E-state index < -0.39 is 0 Å². The van der Waals surface area contributed by atoms with E-state index in [4.69, 9.17) is 0 Å². The molecule has 0 bridgehead atoms. The molecule has 1 aromatic heterocycles. The Hall–Kier alpha value is -2.10. The smallest absolute Gasteiger partial charge is 0.227 e. The lowest BCUT2D eigenvalue weighted by Crippen LogP contribution is -2.32. The van der Waals surface area contributed by atoms with Gasteiger partial charge in [0.25, 0.3) is 0 Å². The van der Waals surface area contributed by atoms with Gasteiger partial charge in [0, 0.05) is 30.9 Å². The van der Waals surface area contributed by atoms with E-state index in [1.807, 2.05) is 13.0 Å². The molecule has 2 aromatic rings. The fraction of sp³-hybridized carbons (Fsp3) is 0.412. The summed E-state index contributed by atoms with van der Waals surface area (Å²) >= 11 is 0. The van der Waals surface area contributed by atoms with E-state index in [1.54, 1.807) is 0 Å². The van der Waals surface area contributed by atoms with Crippen molar-refractivity contribution in [3.05, 3.63) is 47.2 Å². The molecule has 1 aliphatic rings. The predicted molar refractivity (Wildman–Crippen MR) is 86.7 cm³/mol. The molecule has 0 fully saturated rings. The van der Waals surface area contributed by atoms with E-state index in [0.717, 1.165) is 37.0 Å². The first kappa shape index (κ1) is 13.9. The molecule has 3 rings (SSSR count). The second-order valence-corrected chi connectivity index (χ2v) is 5.93. The van der Waals surface area contributed by atoms with Gasteiger partial charge in [-0.2, -0.15) is 4.98 Å². The molecule has 0 saturated heterocycles. The maximum absolute atomic E-state index is 4.67. The lowest BCUT2D eigenvalue weighted by molar-refractivity contribution is 0.705. The minimum absolute atomic E-state index is 0.370. The highest BCUT2D eigenvalue weighted by Crippen LogP contribution is 2.23. The van der Waals surface area contributed by atoms with Gasteiger partial charge in [-0.15, -0.1) is 0 Å². The molecule has 110 valence electrons. The molecule has 4 heteroatoms. The fourth-order valence-corrected chi connectivity index (χ4v) is 2.73. The van der Waals surface area contributed by atoms with E-state index in [-0.39, 0.29) is 0 Å². The van der Waals surface area contributed by atoms with Crippen LogP contribution >= 0.6 is 0 Å². The van der Waals surface area contributed by atoms with Gasteiger partial charge in [0.15, 0.2) is 0 Å². The molecule has 0 unspecified atom stereocenters. The monoisotopic (exact) mass is 282 g/mol. The Morgan fingerprint density at radius 3 is 2.67 bits per heavy atom. The Morgan fingerprint density at radius 1 is 1.14 bits per heavy atom. The van der Waals surface area contributed by atoms with E-state index in [9.17, 15) is 0 Å². The number of nitrogens with zero attached hydrogens (tertiary/aromatic N) is 3. The minimum atomic E-state index is 0.370. The maximum Gasteiger partial charge on any atom is 0.227 e. The number of anilines is 2. The number of rotatable bonds is 3. The lowest BCUT2D eigenvalue weighted by atomic mass is 10.0. The first-order chi connectivity index (χ1) is 10.1. The normalized spacial score (nSPS) is 14.2. The van der Waals surface area contributed by atoms with Crippen LogP contribution in [0.15, 0.2) is 30.3 Å². The van der Waals surface area contributed by atoms with Crippen LogP contribution in [0.25, 0.3) is 0 Å². The molecule has 1 N–H and O–H groups in total. The highest BCUT2D eigenvalue weighted by molar-refractivity contribution is 5.46. The molecule has 0 radical (unpaired) electrons. The molecule has 0 atom stereocenters. The van der Waals surface area contributed by atoms with E-state index in [1.165, 1.54) is 11.1 Å². The van der Waals surface area contributed by atoms with Gasteiger partial charge in [0.05, 0.1) is 0 Å². The Bertz CT molecular complexity index is 636. The number of hydrogen-bond donors (Lipinski definition) is 1. The van der Waals surface area contributed by atoms with Crippen molar-refractivity contribution in [3.8, 4) is 0 Å². The largest absolute Gasteiger partial charge is 0.368 e. The second-order valence-electron chi connectivity index (χ2n) is 5.93. The molecule has 0 aliphatic carbocycles. The van der Waals surface area contributed by atoms with Gasteiger partial charge in [-0.05, 0) is 38.3 Å². The number of fused-ring (bicyclic) bond motifs is 1. The number of hydrogen-bond acceptors (Lipinski definition) is 4. The molecule has 1 aliphatic heterocycles. The zero-order chi connectivity index (χ0) is 14.8. The number of nitrogens with one attached hydrogen (secondary N) is 1. The van der Waals surface area contributed by atoms with Gasteiger partial charge in [0.1, 0.15) is 5.82 Å². The molecule has 2 heterocycles. The molecule has 0 amide bonds. The SMILES string of the molecule is Cc1cc(NC(C)C)nc(N2CCc3ccccc3C2)n1. The van der Waals surface area contributed by atoms with Crippen LogP contribution in [-0.4, -0.2) is 22.6 Å². The van der Waals surface area contributed by atoms with Gasteiger partial charge >= 0.3 is 0 Å². The van der Waals surface area contributed by atoms with Crippen molar-refractivity contribution >= 4 is 11.8 Å². The van der Waals surface area contributed by atoms with Crippen LogP contribution in [-0.2, 0) is 13.0 Å². The van der Waals surface area contributed by atoms with Crippen molar-refractivity contribution in [1.82, 2.24) is 9.97 Å². The summed E-state index contributed by atoms with van der Waals surface area (Å²) in [5.41, 5.74) is 3.83. The summed E-state index contributed by atoms with van der Waals surface area (Å²) < 4.78 is 0. The summed E-state index contributed by atoms with van der Waals surface area (Å²) in [6.45, 7) is 8.12. The number of aromatic nitrogens is 2. The van der Waals surface area contributed by atoms with Crippen molar-refractivity contribution in [2.45, 2.75) is 39.8 Å². The van der Waals surface area contributed by atoms with Crippen LogP contribution in [0.4, 0.5) is 11.8 Å². The van der Waals surface area contributed by atoms with Crippen LogP contribution in [0.3, 0.4) is 0 Å². The molecule has 1 aromatic carbocycles. The van der Waals surface area contributed by atoms with Crippen molar-refractivity contribution in [1.29, 1.82) is 0 Å². The van der Waals surface area contributed by atoms with E-state index in [0.29, 0.717) is 6.04 Å². The van der Waals surface area contributed by atoms with Crippen molar-refractivity contribution in [2.24, 2.45) is 0 Å². The van der Waals surface area contributed by atoms with Gasteiger partial charge in [-0.25, -0.2) is 4.98 Å². The Kier molecular flexibility index (Phi) is 3.78. The molecular weight excluding hydrogens is 260 g/mol. The summed E-state index contributed by atoms with van der Waals surface area (Å²) in [5.74, 6) is 1.74. The fourth-order valence-electron chi connectivity index (χ4n) is 2.73. The average molecular weight is 282 g/mol. The summed E-state index contributed by atoms with van der Waals surface area (Å²) in [6.07, 6.45) is 1.06. The van der Waals surface area contributed by atoms with Crippen molar-refractivity contribution in [2.75, 3.05) is 16.8 Å². The zero-order valence-corrected chi connectivity index (χ0v) is 12.9. The predicted octanol–water partition coefficient (Wildman–Crippen LogP) is 3.17. The average Bonchev–Trinajstić information content (AvgIpc) is 2.45. The van der Waals surface area contributed by atoms with E-state index >= 15 is 0 Å². The Balaban J connectivity index is 1.86. The van der Waals surface area contributed by atoms with Crippen LogP contribution in [0.1, 0.15) is 30.7 Å². The summed E-state index contributed by atoms with van der Waals surface area (Å²) in [6, 6.07) is 11.0. The Labute approximate surface area is 126 Å². The van der Waals surface area contributed by atoms with Gasteiger partial charge < -0.3 is 10.2 Å². The van der Waals surface area contributed by atoms with Crippen molar-refractivity contribution < 1.29 is 0 Å². The highest BCUT2D eigenvalue weighted by Gasteiger charge is 2.18. The third-order valence-corrected chi connectivity index (χ3v) is 3.69. The topological polar surface area (TPSA) is 41.1 Å². The van der Waals surface area contributed by atoms with E-state index in [2.05, 4.69) is 58.3 Å². The molecule has 0 spiro atoms. The molecule has 0 saturated carbocycles. The summed E-state index contributed by atoms with van der Waals surface area (Å²) in [7, 11) is 0. The zero-order valence-electron chi connectivity index (χ0n) is 12.9. The Morgan fingerprint density at radius 2 is 1.90 bits per heavy atom. The summed E-state index contributed by atoms with van der Waals surface area (Å²) in [4.78, 5) is 11.6. The first-order valence-electron chi connectivity index (χ1n) is 7.56. The standard InChI is InChI=1S/C17H22N4/c1-12(2)18-16-10-13(3)19-17(20-16)21-9-8-14-6-4-5-7-15(14)11-21/h4-7,10,12H,8-9,11H2,1-3H3,(H,18,19,20). The third kappa shape index (κ3) is 3.15. The quantitative estimate of drug-likeness (QED) is 0.939. The number of benzene rings is 1. The molecule has 4 nitrogen and oxygen atoms in total. The van der Waals surface area contributed by atoms with Crippen molar-refractivity contribution in [3.63, 3.8) is 0 Å². The maximum atomic E-state index is 4.67. The highest BCUT2D eigenvalue weighted by atomic mass is 15.3. The first-order valence-corrected chi connectivity index (χ1v) is 7.56. The minimum Gasteiger partial charge on any atom is -0.368 e. The third-order valence-electron chi connectivity index (χ3n) is 3.69. The van der Waals surface area contributed by atoms with Crippen LogP contribution in [0.2, 0.25) is 0 Å². The van der Waals surface area contributed by atoms with Crippen LogP contribution in [0.5, 0.6) is 0 Å². The molecule has 21 heavy (non-hydrogen) atoms. The van der Waals surface area contributed by atoms with Gasteiger partial charge in [-0.3, -0.25) is 0 Å². The molecular formula is C17H22N4. The van der Waals surface area contributed by atoms with Gasteiger partial charge in [0.2, 0.25) is 5.95 Å². The van der Waals surface area contributed by atoms with Crippen LogP contribution in [0, 0.1) is 6.92 Å². The summed E-state index contributed by atoms with van der Waals surface area (Å²) in [5, 5.41) is 3.37. The lowest BCUT2D eigenvalue weighted by Gasteiger charge is -2.29. The van der Waals surface area contributed by atoms with Gasteiger partial charge in [-0.1, -0.05) is 24.3 Å².